The van der Waals surface area contributed by atoms with E-state index in [4.69, 9.17) is 18.6 Å². The molecule has 0 aliphatic carbocycles. The van der Waals surface area contributed by atoms with E-state index in [0.29, 0.717) is 16.9 Å². The Bertz CT molecular complexity index is 1110. The van der Waals surface area contributed by atoms with Gasteiger partial charge in [0, 0.05) is 18.2 Å². The topological polar surface area (TPSA) is 151 Å². The molecule has 1 aromatic carbocycles. The Hall–Kier alpha value is -2.08. The monoisotopic (exact) mass is 445 g/mol. The van der Waals surface area contributed by atoms with Crippen LogP contribution in [0.3, 0.4) is 0 Å². The van der Waals surface area contributed by atoms with Crippen LogP contribution in [0.25, 0.3) is 11.0 Å². The van der Waals surface area contributed by atoms with Crippen molar-refractivity contribution in [3.63, 3.8) is 0 Å². The molecule has 0 fully saturated rings. The normalized spacial score (nSPS) is 9.84. The Morgan fingerprint density at radius 3 is 2.06 bits per heavy atom. The summed E-state index contributed by atoms with van der Waals surface area (Å²) < 4.78 is 21.1. The average molecular weight is 445 g/mol. The quantitative estimate of drug-likeness (QED) is 0.186. The van der Waals surface area contributed by atoms with E-state index in [9.17, 15) is 24.6 Å². The number of hydrogen-bond donors (Lipinski definition) is 0. The number of benzene rings is 1. The summed E-state index contributed by atoms with van der Waals surface area (Å²) in [6.45, 7) is -0.00752. The fourth-order valence-corrected chi connectivity index (χ4v) is 2.49. The molecule has 150 valence electrons. The van der Waals surface area contributed by atoms with E-state index in [1.807, 2.05) is 0 Å². The van der Waals surface area contributed by atoms with E-state index >= 15 is 0 Å². The van der Waals surface area contributed by atoms with E-state index in [1.54, 1.807) is 12.1 Å². The van der Waals surface area contributed by atoms with E-state index in [-0.39, 0.29) is 83.7 Å². The molecule has 0 spiro atoms. The number of nitrogens with zero attached hydrogens (tertiary/aromatic N) is 1. The molecule has 0 aliphatic rings. The van der Waals surface area contributed by atoms with Crippen LogP contribution < -0.4 is 89.2 Å². The first-order chi connectivity index (χ1) is 13.9. The van der Waals surface area contributed by atoms with Crippen LogP contribution >= 0.6 is 0 Å². The van der Waals surface area contributed by atoms with Gasteiger partial charge < -0.3 is 38.4 Å². The number of methoxy groups -OCH3 is 1. The smallest absolute Gasteiger partial charge is 0.543 e. The Morgan fingerprint density at radius 2 is 1.52 bits per heavy atom. The molecule has 3 aromatic rings. The molecular formula is C19H13NNa2O9. The fraction of sp³-hybridized carbons (Fsp3) is 0.158. The van der Waals surface area contributed by atoms with Crippen LogP contribution in [-0.4, -0.2) is 37.2 Å². The third kappa shape index (κ3) is 6.96. The van der Waals surface area contributed by atoms with Crippen LogP contribution in [0.2, 0.25) is 0 Å². The van der Waals surface area contributed by atoms with Gasteiger partial charge in [-0.1, -0.05) is 0 Å². The van der Waals surface area contributed by atoms with Gasteiger partial charge in [-0.25, -0.2) is 9.78 Å². The maximum atomic E-state index is 11.5. The van der Waals surface area contributed by atoms with Crippen LogP contribution in [-0.2, 0) is 0 Å². The number of fused-ring (bicyclic) bond motifs is 1. The van der Waals surface area contributed by atoms with Crippen LogP contribution in [0.5, 0.6) is 17.2 Å². The molecule has 0 radical (unpaired) electrons. The van der Waals surface area contributed by atoms with Gasteiger partial charge in [0.05, 0.1) is 41.9 Å². The molecule has 0 saturated carbocycles. The predicted octanol–water partition coefficient (Wildman–Crippen LogP) is -6.61. The zero-order valence-corrected chi connectivity index (χ0v) is 21.0. The third-order valence-electron chi connectivity index (χ3n) is 3.74. The van der Waals surface area contributed by atoms with Gasteiger partial charge in [0.15, 0.2) is 0 Å². The zero-order chi connectivity index (χ0) is 21.0. The minimum atomic E-state index is -1.65. The van der Waals surface area contributed by atoms with Gasteiger partial charge in [-0.15, -0.1) is 0 Å². The van der Waals surface area contributed by atoms with Gasteiger partial charge in [-0.05, 0) is 12.1 Å². The molecule has 31 heavy (non-hydrogen) atoms. The maximum absolute atomic E-state index is 11.5. The number of ether oxygens (including phenoxy) is 3. The minimum absolute atomic E-state index is 0. The second-order valence-corrected chi connectivity index (χ2v) is 5.64. The summed E-state index contributed by atoms with van der Waals surface area (Å²) in [4.78, 5) is 36.7. The Morgan fingerprint density at radius 1 is 0.935 bits per heavy atom. The molecule has 2 heterocycles. The standard InChI is InChI=1S/C19H15NO9.2Na/c1-26-15-9-17(21)29-16-8-10(2-3-12(15)16)27-4-5-28-11-6-13(18(22)23)20-14(7-11)19(24)25;;/h2-3,6-9H,4-5H2,1H3,(H,22,23)(H,24,25);;/q;2*+1/p-2. The van der Waals surface area contributed by atoms with Crippen LogP contribution in [0.15, 0.2) is 45.6 Å². The van der Waals surface area contributed by atoms with Crippen molar-refractivity contribution in [3.8, 4) is 17.2 Å². The SMILES string of the molecule is COc1cc(=O)oc2cc(OCCOc3cc(C(=O)[O-])nc(C(=O)[O-])c3)ccc12.[Na+].[Na+]. The number of carboxylic acids is 2. The number of carboxylic acid groups (broad SMARTS) is 2. The Labute approximate surface area is 219 Å². The van der Waals surface area contributed by atoms with E-state index < -0.39 is 29.0 Å². The zero-order valence-electron chi connectivity index (χ0n) is 17.0. The van der Waals surface area contributed by atoms with Crippen LogP contribution in [0, 0.1) is 0 Å². The van der Waals surface area contributed by atoms with Crippen molar-refractivity contribution < 1.29 is 97.5 Å². The number of aromatic carboxylic acids is 2. The van der Waals surface area contributed by atoms with E-state index in [2.05, 4.69) is 4.98 Å². The van der Waals surface area contributed by atoms with Gasteiger partial charge in [-0.3, -0.25) is 0 Å². The number of carbonyl (C=O) groups excluding carboxylic acids is 2. The summed E-state index contributed by atoms with van der Waals surface area (Å²) in [6, 6.07) is 8.09. The maximum Gasteiger partial charge on any atom is 1.00 e. The second kappa shape index (κ2) is 12.1. The number of aromatic nitrogens is 1. The fourth-order valence-electron chi connectivity index (χ4n) is 2.49. The predicted molar refractivity (Wildman–Crippen MR) is 92.9 cm³/mol. The molecule has 12 heteroatoms. The number of carbonyl (C=O) groups is 2. The van der Waals surface area contributed by atoms with Crippen molar-refractivity contribution >= 4 is 22.9 Å². The molecule has 0 bridgehead atoms. The average Bonchev–Trinajstić information content (AvgIpc) is 2.69. The number of pyridine rings is 1. The molecule has 10 nitrogen and oxygen atoms in total. The summed E-state index contributed by atoms with van der Waals surface area (Å²) in [5.41, 5.74) is -1.48. The van der Waals surface area contributed by atoms with Crippen molar-refractivity contribution in [2.45, 2.75) is 0 Å². The van der Waals surface area contributed by atoms with Gasteiger partial charge in [0.1, 0.15) is 36.0 Å². The second-order valence-electron chi connectivity index (χ2n) is 5.64. The summed E-state index contributed by atoms with van der Waals surface area (Å²) in [5, 5.41) is 22.4. The molecule has 0 aliphatic heterocycles. The van der Waals surface area contributed by atoms with Crippen molar-refractivity contribution in [3.05, 3.63) is 58.2 Å². The van der Waals surface area contributed by atoms with Crippen molar-refractivity contribution in [2.24, 2.45) is 0 Å². The number of rotatable bonds is 8. The summed E-state index contributed by atoms with van der Waals surface area (Å²) >= 11 is 0. The molecular weight excluding hydrogens is 432 g/mol. The molecule has 0 atom stereocenters. The first-order valence-corrected chi connectivity index (χ1v) is 8.19. The van der Waals surface area contributed by atoms with Gasteiger partial charge in [0.25, 0.3) is 0 Å². The summed E-state index contributed by atoms with van der Waals surface area (Å²) in [7, 11) is 1.44. The minimum Gasteiger partial charge on any atom is -0.543 e. The van der Waals surface area contributed by atoms with Crippen molar-refractivity contribution in [1.82, 2.24) is 4.98 Å². The molecule has 0 unspecified atom stereocenters. The van der Waals surface area contributed by atoms with Gasteiger partial charge in [0.2, 0.25) is 0 Å². The first kappa shape index (κ1) is 27.0. The van der Waals surface area contributed by atoms with Crippen LogP contribution in [0.4, 0.5) is 0 Å². The largest absolute Gasteiger partial charge is 1.00 e. The first-order valence-electron chi connectivity index (χ1n) is 8.19. The molecule has 0 amide bonds. The van der Waals surface area contributed by atoms with Gasteiger partial charge in [-0.2, -0.15) is 0 Å². The van der Waals surface area contributed by atoms with Crippen LogP contribution in [0.1, 0.15) is 21.0 Å². The molecule has 0 N–H and O–H groups in total. The summed E-state index contributed by atoms with van der Waals surface area (Å²) in [6.07, 6.45) is 0. The molecule has 0 saturated heterocycles. The van der Waals surface area contributed by atoms with Gasteiger partial charge >= 0.3 is 64.7 Å². The third-order valence-corrected chi connectivity index (χ3v) is 3.74. The Balaban J connectivity index is 0.00000240. The van der Waals surface area contributed by atoms with Crippen molar-refractivity contribution in [2.75, 3.05) is 20.3 Å². The van der Waals surface area contributed by atoms with E-state index in [0.717, 1.165) is 12.1 Å². The Kier molecular flexibility index (Phi) is 10.5. The van der Waals surface area contributed by atoms with E-state index in [1.165, 1.54) is 19.2 Å². The number of hydrogen-bond acceptors (Lipinski definition) is 10. The molecule has 2 aromatic heterocycles. The molecule has 3 rings (SSSR count). The summed E-state index contributed by atoms with van der Waals surface area (Å²) in [5.74, 6) is -2.59. The van der Waals surface area contributed by atoms with Crippen molar-refractivity contribution in [1.29, 1.82) is 0 Å².